The number of carboxylic acid groups (broad SMARTS) is 1. The van der Waals surface area contributed by atoms with Gasteiger partial charge in [-0.2, -0.15) is 0 Å². The van der Waals surface area contributed by atoms with E-state index in [1.165, 1.54) is 24.3 Å². The van der Waals surface area contributed by atoms with Gasteiger partial charge in [0.1, 0.15) is 5.75 Å². The van der Waals surface area contributed by atoms with Crippen molar-refractivity contribution in [1.29, 1.82) is 0 Å². The Morgan fingerprint density at radius 2 is 1.93 bits per heavy atom. The summed E-state index contributed by atoms with van der Waals surface area (Å²) < 4.78 is 24.4. The number of hydrogen-bond donors (Lipinski definition) is 2. The molecule has 0 amide bonds. The first-order valence-corrected chi connectivity index (χ1v) is 5.26. The number of hydrogen-bond acceptors (Lipinski definition) is 3. The lowest BCUT2D eigenvalue weighted by Crippen LogP contribution is -2.04. The third-order valence-electron chi connectivity index (χ3n) is 1.61. The first kappa shape index (κ1) is 11.7. The maximum atomic E-state index is 10.6. The summed E-state index contributed by atoms with van der Waals surface area (Å²) in [6, 6.07) is 5.94. The summed E-state index contributed by atoms with van der Waals surface area (Å²) in [6.07, 6.45) is -0.0757. The van der Waals surface area contributed by atoms with Crippen LogP contribution in [0.25, 0.3) is 0 Å². The first-order valence-electron chi connectivity index (χ1n) is 4.15. The van der Waals surface area contributed by atoms with Crippen LogP contribution in [0.3, 0.4) is 0 Å². The van der Waals surface area contributed by atoms with Crippen LogP contribution in [0.2, 0.25) is 0 Å². The molecule has 0 heterocycles. The Labute approximate surface area is 89.0 Å². The molecule has 0 aliphatic rings. The molecule has 1 atom stereocenters. The van der Waals surface area contributed by atoms with Gasteiger partial charge in [-0.05, 0) is 24.3 Å². The summed E-state index contributed by atoms with van der Waals surface area (Å²) in [5.74, 6) is -0.450. The predicted octanol–water partition coefficient (Wildman–Crippen LogP) is 1.12. The van der Waals surface area contributed by atoms with Gasteiger partial charge in [-0.3, -0.25) is 4.79 Å². The van der Waals surface area contributed by atoms with E-state index in [4.69, 9.17) is 14.4 Å². The van der Waals surface area contributed by atoms with E-state index in [1.807, 2.05) is 0 Å². The van der Waals surface area contributed by atoms with Gasteiger partial charge < -0.3 is 14.4 Å². The first-order chi connectivity index (χ1) is 7.09. The average molecular weight is 230 g/mol. The van der Waals surface area contributed by atoms with Crippen molar-refractivity contribution in [3.05, 3.63) is 24.3 Å². The number of ether oxygens (including phenoxy) is 1. The zero-order valence-corrected chi connectivity index (χ0v) is 8.57. The highest BCUT2D eigenvalue weighted by atomic mass is 32.2. The fourth-order valence-corrected chi connectivity index (χ4v) is 1.28. The van der Waals surface area contributed by atoms with E-state index in [9.17, 15) is 9.00 Å². The second-order valence-corrected chi connectivity index (χ2v) is 3.68. The zero-order valence-electron chi connectivity index (χ0n) is 7.75. The van der Waals surface area contributed by atoms with Crippen LogP contribution >= 0.6 is 0 Å². The van der Waals surface area contributed by atoms with Crippen molar-refractivity contribution in [1.82, 2.24) is 0 Å². The van der Waals surface area contributed by atoms with E-state index in [-0.39, 0.29) is 17.9 Å². The molecular weight excluding hydrogens is 220 g/mol. The Balaban J connectivity index is 2.50. The minimum Gasteiger partial charge on any atom is -0.493 e. The fraction of sp³-hybridized carbons (Fsp3) is 0.222. The summed E-state index contributed by atoms with van der Waals surface area (Å²) in [7, 11) is 0. The summed E-state index contributed by atoms with van der Waals surface area (Å²) in [6.45, 7) is 0.0803. The molecule has 0 spiro atoms. The van der Waals surface area contributed by atoms with Crippen LogP contribution < -0.4 is 4.74 Å². The van der Waals surface area contributed by atoms with Crippen LogP contribution in [0.5, 0.6) is 5.75 Å². The van der Waals surface area contributed by atoms with Gasteiger partial charge in [0, 0.05) is 0 Å². The number of aliphatic carboxylic acids is 1. The molecule has 0 aromatic heterocycles. The second kappa shape index (κ2) is 5.47. The van der Waals surface area contributed by atoms with Gasteiger partial charge in [0.15, 0.2) is 11.1 Å². The Morgan fingerprint density at radius 3 is 2.40 bits per heavy atom. The molecule has 0 aliphatic carbocycles. The lowest BCUT2D eigenvalue weighted by atomic mass is 10.3. The Kier molecular flexibility index (Phi) is 4.26. The summed E-state index contributed by atoms with van der Waals surface area (Å²) in [5.41, 5.74) is 0. The second-order valence-electron chi connectivity index (χ2n) is 2.71. The maximum Gasteiger partial charge on any atom is 0.306 e. The maximum absolute atomic E-state index is 10.6. The van der Waals surface area contributed by atoms with Gasteiger partial charge in [-0.25, -0.2) is 4.21 Å². The number of carbonyl (C=O) groups is 1. The molecule has 0 bridgehead atoms. The molecule has 1 rings (SSSR count). The van der Waals surface area contributed by atoms with Crippen LogP contribution in [0, 0.1) is 0 Å². The van der Waals surface area contributed by atoms with E-state index in [1.54, 1.807) is 0 Å². The monoisotopic (exact) mass is 230 g/mol. The van der Waals surface area contributed by atoms with Gasteiger partial charge in [0.05, 0.1) is 17.9 Å². The van der Waals surface area contributed by atoms with Crippen molar-refractivity contribution < 1.29 is 23.4 Å². The van der Waals surface area contributed by atoms with Gasteiger partial charge >= 0.3 is 5.97 Å². The summed E-state index contributed by atoms with van der Waals surface area (Å²) >= 11 is -2.00. The van der Waals surface area contributed by atoms with Crippen LogP contribution in [-0.2, 0) is 15.9 Å². The topological polar surface area (TPSA) is 83.8 Å². The summed E-state index contributed by atoms with van der Waals surface area (Å²) in [5, 5.41) is 8.36. The summed E-state index contributed by atoms with van der Waals surface area (Å²) in [4.78, 5) is 10.5. The van der Waals surface area contributed by atoms with Crippen molar-refractivity contribution in [3.63, 3.8) is 0 Å². The van der Waals surface area contributed by atoms with Crippen molar-refractivity contribution in [2.75, 3.05) is 6.61 Å². The number of rotatable bonds is 5. The van der Waals surface area contributed by atoms with E-state index in [2.05, 4.69) is 0 Å². The molecule has 15 heavy (non-hydrogen) atoms. The Bertz CT molecular complexity index is 359. The molecule has 1 aromatic rings. The molecule has 1 unspecified atom stereocenters. The quantitative estimate of drug-likeness (QED) is 0.740. The van der Waals surface area contributed by atoms with Gasteiger partial charge in [0.2, 0.25) is 0 Å². The van der Waals surface area contributed by atoms with Crippen LogP contribution in [-0.4, -0.2) is 26.4 Å². The third-order valence-corrected chi connectivity index (χ3v) is 2.29. The lowest BCUT2D eigenvalue weighted by Gasteiger charge is -2.04. The van der Waals surface area contributed by atoms with Gasteiger partial charge in [-0.1, -0.05) is 0 Å². The van der Waals surface area contributed by atoms with E-state index in [0.717, 1.165) is 0 Å². The molecule has 0 fully saturated rings. The van der Waals surface area contributed by atoms with Crippen molar-refractivity contribution >= 4 is 17.0 Å². The van der Waals surface area contributed by atoms with E-state index >= 15 is 0 Å². The third kappa shape index (κ3) is 4.09. The molecule has 82 valence electrons. The van der Waals surface area contributed by atoms with Crippen molar-refractivity contribution in [2.45, 2.75) is 11.3 Å². The fourth-order valence-electron chi connectivity index (χ4n) is 0.908. The molecule has 0 radical (unpaired) electrons. The largest absolute Gasteiger partial charge is 0.493 e. The van der Waals surface area contributed by atoms with Gasteiger partial charge in [0.25, 0.3) is 0 Å². The Hall–Kier alpha value is -1.40. The predicted molar refractivity (Wildman–Crippen MR) is 53.2 cm³/mol. The normalized spacial score (nSPS) is 12.1. The average Bonchev–Trinajstić information content (AvgIpc) is 2.18. The molecule has 5 nitrogen and oxygen atoms in total. The molecule has 6 heteroatoms. The molecule has 0 aliphatic heterocycles. The van der Waals surface area contributed by atoms with E-state index in [0.29, 0.717) is 5.75 Å². The van der Waals surface area contributed by atoms with Gasteiger partial charge in [-0.15, -0.1) is 0 Å². The number of benzene rings is 1. The standard InChI is InChI=1S/C9H10O5S/c10-9(11)5-6-14-7-1-3-8(4-2-7)15(12)13/h1-4H,5-6H2,(H,10,11)(H,12,13). The highest BCUT2D eigenvalue weighted by molar-refractivity contribution is 7.79. The lowest BCUT2D eigenvalue weighted by molar-refractivity contribution is -0.137. The molecule has 1 aromatic carbocycles. The molecular formula is C9H10O5S. The van der Waals surface area contributed by atoms with E-state index < -0.39 is 17.0 Å². The van der Waals surface area contributed by atoms with Crippen LogP contribution in [0.1, 0.15) is 6.42 Å². The minimum absolute atomic E-state index is 0.0757. The zero-order chi connectivity index (χ0) is 11.3. The number of carboxylic acids is 1. The van der Waals surface area contributed by atoms with Crippen LogP contribution in [0.15, 0.2) is 29.2 Å². The SMILES string of the molecule is O=C(O)CCOc1ccc(S(=O)O)cc1. The van der Waals surface area contributed by atoms with Crippen molar-refractivity contribution in [3.8, 4) is 5.75 Å². The molecule has 2 N–H and O–H groups in total. The van der Waals surface area contributed by atoms with Crippen LogP contribution in [0.4, 0.5) is 0 Å². The minimum atomic E-state index is -2.00. The highest BCUT2D eigenvalue weighted by Crippen LogP contribution is 2.14. The highest BCUT2D eigenvalue weighted by Gasteiger charge is 2.01. The molecule has 0 saturated heterocycles. The molecule has 0 saturated carbocycles. The smallest absolute Gasteiger partial charge is 0.306 e. The van der Waals surface area contributed by atoms with Crippen molar-refractivity contribution in [2.24, 2.45) is 0 Å². The Morgan fingerprint density at radius 1 is 1.33 bits per heavy atom.